The summed E-state index contributed by atoms with van der Waals surface area (Å²) in [6, 6.07) is 7.99. The van der Waals surface area contributed by atoms with E-state index in [-0.39, 0.29) is 17.7 Å². The van der Waals surface area contributed by atoms with Crippen molar-refractivity contribution in [3.8, 4) is 10.4 Å². The van der Waals surface area contributed by atoms with Gasteiger partial charge in [-0.1, -0.05) is 15.9 Å². The van der Waals surface area contributed by atoms with Gasteiger partial charge in [-0.25, -0.2) is 4.79 Å². The number of carbonyl (C=O) groups is 1. The Labute approximate surface area is 169 Å². The number of halogens is 1. The van der Waals surface area contributed by atoms with E-state index in [1.54, 1.807) is 34.9 Å². The molecule has 4 nitrogen and oxygen atoms in total. The van der Waals surface area contributed by atoms with E-state index in [1.807, 2.05) is 6.07 Å². The molecule has 1 aliphatic rings. The maximum absolute atomic E-state index is 12.9. The quantitative estimate of drug-likeness (QED) is 0.396. The van der Waals surface area contributed by atoms with Crippen LogP contribution in [0.15, 0.2) is 35.3 Å². The van der Waals surface area contributed by atoms with Crippen molar-refractivity contribution in [3.05, 3.63) is 62.4 Å². The number of hydrogen-bond acceptors (Lipinski definition) is 4. The first-order valence-electron chi connectivity index (χ1n) is 9.06. The first-order chi connectivity index (χ1) is 13.0. The van der Waals surface area contributed by atoms with Crippen LogP contribution in [0.25, 0.3) is 16.0 Å². The lowest BCUT2D eigenvalue weighted by Gasteiger charge is -2.15. The van der Waals surface area contributed by atoms with Crippen molar-refractivity contribution in [3.63, 3.8) is 0 Å². The van der Waals surface area contributed by atoms with Gasteiger partial charge in [0.1, 0.15) is 5.56 Å². The van der Waals surface area contributed by atoms with Crippen LogP contribution in [0.2, 0.25) is 0 Å². The third-order valence-electron chi connectivity index (χ3n) is 4.98. The van der Waals surface area contributed by atoms with Gasteiger partial charge in [0, 0.05) is 21.3 Å². The fourth-order valence-electron chi connectivity index (χ4n) is 3.52. The molecule has 3 aromatic heterocycles. The number of carbonyl (C=O) groups excluding carboxylic acids is 1. The zero-order valence-corrected chi connectivity index (χ0v) is 17.7. The van der Waals surface area contributed by atoms with Crippen LogP contribution in [0.1, 0.15) is 52.0 Å². The molecule has 0 N–H and O–H groups in total. The van der Waals surface area contributed by atoms with Gasteiger partial charge in [0.15, 0.2) is 0 Å². The number of ether oxygens (including phenoxy) is 1. The van der Waals surface area contributed by atoms with E-state index >= 15 is 0 Å². The van der Waals surface area contributed by atoms with E-state index in [0.29, 0.717) is 5.92 Å². The molecule has 0 unspecified atom stereocenters. The number of pyridine rings is 2. The molecule has 1 fully saturated rings. The van der Waals surface area contributed by atoms with E-state index in [1.165, 1.54) is 9.75 Å². The summed E-state index contributed by atoms with van der Waals surface area (Å²) in [4.78, 5) is 27.7. The normalized spacial score (nSPS) is 13.9. The molecule has 6 heteroatoms. The third kappa shape index (κ3) is 3.25. The topological polar surface area (TPSA) is 47.8 Å². The molecule has 0 radical (unpaired) electrons. The molecule has 0 atom stereocenters. The lowest BCUT2D eigenvalue weighted by molar-refractivity contribution is 0.0524. The van der Waals surface area contributed by atoms with E-state index in [9.17, 15) is 9.59 Å². The second-order valence-corrected chi connectivity index (χ2v) is 8.51. The van der Waals surface area contributed by atoms with Crippen molar-refractivity contribution < 1.29 is 9.53 Å². The van der Waals surface area contributed by atoms with E-state index in [2.05, 4.69) is 35.0 Å². The highest BCUT2D eigenvalue weighted by Crippen LogP contribution is 2.44. The van der Waals surface area contributed by atoms with Crippen LogP contribution in [0.5, 0.6) is 0 Å². The molecule has 3 aromatic rings. The summed E-state index contributed by atoms with van der Waals surface area (Å²) < 4.78 is 6.72. The molecule has 27 heavy (non-hydrogen) atoms. The van der Waals surface area contributed by atoms with Crippen molar-refractivity contribution in [2.45, 2.75) is 37.9 Å². The number of esters is 1. The van der Waals surface area contributed by atoms with Crippen LogP contribution in [-0.2, 0) is 10.1 Å². The molecule has 0 aliphatic heterocycles. The largest absolute Gasteiger partial charge is 0.462 e. The number of nitrogens with zero attached hydrogens (tertiary/aromatic N) is 1. The monoisotopic (exact) mass is 445 g/mol. The molecule has 0 amide bonds. The van der Waals surface area contributed by atoms with Crippen LogP contribution in [-0.4, -0.2) is 17.0 Å². The second kappa shape index (κ2) is 7.24. The van der Waals surface area contributed by atoms with Crippen LogP contribution >= 0.6 is 27.3 Å². The van der Waals surface area contributed by atoms with Gasteiger partial charge >= 0.3 is 5.97 Å². The minimum absolute atomic E-state index is 0.126. The van der Waals surface area contributed by atoms with E-state index in [4.69, 9.17) is 4.74 Å². The molecule has 1 saturated carbocycles. The summed E-state index contributed by atoms with van der Waals surface area (Å²) in [5.74, 6) is -0.134. The minimum atomic E-state index is -0.541. The summed E-state index contributed by atoms with van der Waals surface area (Å²) in [5, 5.41) is 0.833. The molecular weight excluding hydrogens is 426 g/mol. The number of alkyl halides is 1. The maximum Gasteiger partial charge on any atom is 0.343 e. The molecule has 0 saturated heterocycles. The molecule has 0 bridgehead atoms. The first-order valence-corrected chi connectivity index (χ1v) is 11.0. The van der Waals surface area contributed by atoms with Gasteiger partial charge in [-0.05, 0) is 73.6 Å². The molecule has 1 aliphatic carbocycles. The summed E-state index contributed by atoms with van der Waals surface area (Å²) in [7, 11) is 0. The number of thiophene rings is 1. The lowest BCUT2D eigenvalue weighted by atomic mass is 10.00. The number of aryl methyl sites for hydroxylation is 1. The second-order valence-electron chi connectivity index (χ2n) is 6.79. The highest BCUT2D eigenvalue weighted by atomic mass is 79.9. The van der Waals surface area contributed by atoms with Crippen molar-refractivity contribution >= 4 is 38.8 Å². The highest BCUT2D eigenvalue weighted by Gasteiger charge is 2.29. The predicted octanol–water partition coefficient (Wildman–Crippen LogP) is 5.29. The highest BCUT2D eigenvalue weighted by molar-refractivity contribution is 9.08. The molecule has 140 valence electrons. The summed E-state index contributed by atoms with van der Waals surface area (Å²) in [5.41, 5.74) is 4.04. The third-order valence-corrected chi connectivity index (χ3v) is 7.08. The van der Waals surface area contributed by atoms with E-state index in [0.717, 1.165) is 40.4 Å². The number of rotatable bonds is 5. The Kier molecular flexibility index (Phi) is 4.95. The Bertz CT molecular complexity index is 1090. The van der Waals surface area contributed by atoms with Crippen molar-refractivity contribution in [1.82, 2.24) is 4.40 Å². The van der Waals surface area contributed by atoms with Gasteiger partial charge in [-0.2, -0.15) is 0 Å². The Morgan fingerprint density at radius 2 is 2.11 bits per heavy atom. The Hall–Kier alpha value is -1.92. The smallest absolute Gasteiger partial charge is 0.343 e. The molecule has 0 spiro atoms. The van der Waals surface area contributed by atoms with E-state index < -0.39 is 5.97 Å². The average molecular weight is 446 g/mol. The van der Waals surface area contributed by atoms with Crippen LogP contribution in [0, 0.1) is 6.92 Å². The predicted molar refractivity (Wildman–Crippen MR) is 112 cm³/mol. The number of hydrogen-bond donors (Lipinski definition) is 0. The Morgan fingerprint density at radius 1 is 1.33 bits per heavy atom. The minimum Gasteiger partial charge on any atom is -0.462 e. The first kappa shape index (κ1) is 18.4. The SMILES string of the molecule is CCOC(=O)c1cc(C2CC2)c2c(C)c(-c3ccc(CBr)s3)ccn2c1=O. The van der Waals surface area contributed by atoms with Crippen LogP contribution in [0.4, 0.5) is 0 Å². The van der Waals surface area contributed by atoms with Crippen molar-refractivity contribution in [1.29, 1.82) is 0 Å². The summed E-state index contributed by atoms with van der Waals surface area (Å²) >= 11 is 5.25. The summed E-state index contributed by atoms with van der Waals surface area (Å²) in [6.45, 7) is 4.07. The fraction of sp³-hybridized carbons (Fsp3) is 0.333. The van der Waals surface area contributed by atoms with Gasteiger partial charge in [0.05, 0.1) is 12.1 Å². The number of aromatic nitrogens is 1. The number of fused-ring (bicyclic) bond motifs is 1. The standard InChI is InChI=1S/C21H20BrNO3S/c1-3-26-21(25)17-10-16(13-4-5-13)19-12(2)15(8-9-23(19)20(17)24)18-7-6-14(11-22)27-18/h6-10,13H,3-5,11H2,1-2H3. The van der Waals surface area contributed by atoms with Gasteiger partial charge in [0.25, 0.3) is 5.56 Å². The lowest BCUT2D eigenvalue weighted by Crippen LogP contribution is -2.25. The average Bonchev–Trinajstić information content (AvgIpc) is 3.39. The van der Waals surface area contributed by atoms with Crippen molar-refractivity contribution in [2.75, 3.05) is 6.61 Å². The fourth-order valence-corrected chi connectivity index (χ4v) is 4.99. The van der Waals surface area contributed by atoms with Crippen molar-refractivity contribution in [2.24, 2.45) is 0 Å². The molecule has 4 rings (SSSR count). The maximum atomic E-state index is 12.9. The van der Waals surface area contributed by atoms with Gasteiger partial charge in [0.2, 0.25) is 0 Å². The molecular formula is C21H20BrNO3S. The van der Waals surface area contributed by atoms with Crippen LogP contribution < -0.4 is 5.56 Å². The molecule has 0 aromatic carbocycles. The van der Waals surface area contributed by atoms with Gasteiger partial charge in [-0.3, -0.25) is 9.20 Å². The Morgan fingerprint density at radius 3 is 2.74 bits per heavy atom. The zero-order chi connectivity index (χ0) is 19.1. The Balaban J connectivity index is 1.96. The van der Waals surface area contributed by atoms with Gasteiger partial charge in [-0.15, -0.1) is 11.3 Å². The molecule has 3 heterocycles. The zero-order valence-electron chi connectivity index (χ0n) is 15.3. The van der Waals surface area contributed by atoms with Gasteiger partial charge < -0.3 is 4.74 Å². The van der Waals surface area contributed by atoms with Crippen LogP contribution in [0.3, 0.4) is 0 Å². The summed E-state index contributed by atoms with van der Waals surface area (Å²) in [6.07, 6.45) is 3.97.